The molecular formula is C11H9N3O4. The number of hydrogen-bond acceptors (Lipinski definition) is 4. The fourth-order valence-corrected chi connectivity index (χ4v) is 1.18. The van der Waals surface area contributed by atoms with Crippen molar-refractivity contribution < 1.29 is 18.4 Å². The minimum absolute atomic E-state index is 0.0326. The zero-order chi connectivity index (χ0) is 13.0. The number of guanidine groups is 1. The average Bonchev–Trinajstić information content (AvgIpc) is 3.02. The minimum Gasteiger partial charge on any atom is -0.459 e. The Bertz CT molecular complexity index is 569. The molecule has 0 saturated carbocycles. The van der Waals surface area contributed by atoms with Gasteiger partial charge in [0.25, 0.3) is 5.91 Å². The molecule has 0 saturated heterocycles. The van der Waals surface area contributed by atoms with Crippen LogP contribution in [0.5, 0.6) is 0 Å². The first-order valence-corrected chi connectivity index (χ1v) is 4.93. The Hall–Kier alpha value is -2.83. The van der Waals surface area contributed by atoms with Gasteiger partial charge >= 0.3 is 5.91 Å². The van der Waals surface area contributed by atoms with E-state index in [2.05, 4.69) is 10.3 Å². The van der Waals surface area contributed by atoms with Crippen LogP contribution < -0.4 is 11.1 Å². The van der Waals surface area contributed by atoms with Gasteiger partial charge in [-0.25, -0.2) is 0 Å². The van der Waals surface area contributed by atoms with Crippen molar-refractivity contribution in [1.29, 1.82) is 0 Å². The van der Waals surface area contributed by atoms with Gasteiger partial charge in [0.15, 0.2) is 11.5 Å². The summed E-state index contributed by atoms with van der Waals surface area (Å²) in [6.07, 6.45) is 2.68. The first-order valence-electron chi connectivity index (χ1n) is 4.93. The number of aliphatic imine (C=N–C) groups is 1. The average molecular weight is 247 g/mol. The second kappa shape index (κ2) is 5.00. The SMILES string of the molecule is NC(=NC(=O)c1ccco1)NC(=O)c1ccco1. The van der Waals surface area contributed by atoms with E-state index in [0.29, 0.717) is 0 Å². The summed E-state index contributed by atoms with van der Waals surface area (Å²) in [6, 6.07) is 5.99. The number of carbonyl (C=O) groups excluding carboxylic acids is 2. The van der Waals surface area contributed by atoms with E-state index in [1.165, 1.54) is 24.7 Å². The van der Waals surface area contributed by atoms with Gasteiger partial charge in [-0.05, 0) is 24.3 Å². The Morgan fingerprint density at radius 1 is 1.11 bits per heavy atom. The molecule has 0 aromatic carbocycles. The molecule has 3 N–H and O–H groups in total. The summed E-state index contributed by atoms with van der Waals surface area (Å²) in [5, 5.41) is 2.21. The molecule has 18 heavy (non-hydrogen) atoms. The van der Waals surface area contributed by atoms with Crippen molar-refractivity contribution in [1.82, 2.24) is 5.32 Å². The van der Waals surface area contributed by atoms with Crippen LogP contribution in [-0.2, 0) is 0 Å². The summed E-state index contributed by atoms with van der Waals surface area (Å²) < 4.78 is 9.68. The third kappa shape index (κ3) is 2.64. The van der Waals surface area contributed by atoms with Crippen LogP contribution in [-0.4, -0.2) is 17.8 Å². The molecular weight excluding hydrogens is 238 g/mol. The fraction of sp³-hybridized carbons (Fsp3) is 0. The van der Waals surface area contributed by atoms with Crippen LogP contribution in [0.1, 0.15) is 21.1 Å². The number of rotatable bonds is 2. The predicted molar refractivity (Wildman–Crippen MR) is 60.8 cm³/mol. The van der Waals surface area contributed by atoms with Crippen LogP contribution in [0.15, 0.2) is 50.6 Å². The van der Waals surface area contributed by atoms with Crippen LogP contribution in [0.25, 0.3) is 0 Å². The number of amides is 2. The highest BCUT2D eigenvalue weighted by atomic mass is 16.3. The highest BCUT2D eigenvalue weighted by Gasteiger charge is 2.12. The highest BCUT2D eigenvalue weighted by Crippen LogP contribution is 2.02. The predicted octanol–water partition coefficient (Wildman–Crippen LogP) is 0.758. The molecule has 92 valence electrons. The molecule has 0 radical (unpaired) electrons. The van der Waals surface area contributed by atoms with Crippen molar-refractivity contribution >= 4 is 17.8 Å². The van der Waals surface area contributed by atoms with Gasteiger partial charge < -0.3 is 14.6 Å². The smallest absolute Gasteiger partial charge is 0.315 e. The van der Waals surface area contributed by atoms with Crippen molar-refractivity contribution in [2.75, 3.05) is 0 Å². The molecule has 7 heteroatoms. The lowest BCUT2D eigenvalue weighted by atomic mass is 10.4. The van der Waals surface area contributed by atoms with Crippen molar-refractivity contribution in [3.8, 4) is 0 Å². The maximum Gasteiger partial charge on any atom is 0.315 e. The van der Waals surface area contributed by atoms with Gasteiger partial charge in [0.1, 0.15) is 0 Å². The second-order valence-corrected chi connectivity index (χ2v) is 3.21. The molecule has 2 rings (SSSR count). The van der Waals surface area contributed by atoms with Gasteiger partial charge in [-0.2, -0.15) is 4.99 Å². The molecule has 0 aliphatic rings. The van der Waals surface area contributed by atoms with E-state index in [-0.39, 0.29) is 17.5 Å². The van der Waals surface area contributed by atoms with E-state index >= 15 is 0 Å². The topological polar surface area (TPSA) is 111 Å². The van der Waals surface area contributed by atoms with Crippen LogP contribution in [0, 0.1) is 0 Å². The maximum absolute atomic E-state index is 11.5. The molecule has 0 bridgehead atoms. The van der Waals surface area contributed by atoms with Crippen LogP contribution in [0.2, 0.25) is 0 Å². The Balaban J connectivity index is 2.02. The number of furan rings is 2. The van der Waals surface area contributed by atoms with Gasteiger partial charge in [0.2, 0.25) is 5.96 Å². The Kier molecular flexibility index (Phi) is 3.24. The Morgan fingerprint density at radius 3 is 2.28 bits per heavy atom. The van der Waals surface area contributed by atoms with Gasteiger partial charge in [0.05, 0.1) is 12.5 Å². The third-order valence-electron chi connectivity index (χ3n) is 1.94. The summed E-state index contributed by atoms with van der Waals surface area (Å²) in [6.45, 7) is 0. The molecule has 7 nitrogen and oxygen atoms in total. The number of hydrogen-bond donors (Lipinski definition) is 2. The maximum atomic E-state index is 11.5. The van der Waals surface area contributed by atoms with Gasteiger partial charge in [-0.1, -0.05) is 0 Å². The summed E-state index contributed by atoms with van der Waals surface area (Å²) in [5.74, 6) is -1.51. The van der Waals surface area contributed by atoms with Crippen LogP contribution in [0.4, 0.5) is 0 Å². The molecule has 2 aromatic rings. The van der Waals surface area contributed by atoms with E-state index in [9.17, 15) is 9.59 Å². The van der Waals surface area contributed by atoms with Crippen LogP contribution >= 0.6 is 0 Å². The molecule has 0 atom stereocenters. The lowest BCUT2D eigenvalue weighted by molar-refractivity contribution is 0.0949. The molecule has 0 fully saturated rings. The van der Waals surface area contributed by atoms with Crippen molar-refractivity contribution in [2.24, 2.45) is 10.7 Å². The Morgan fingerprint density at radius 2 is 1.72 bits per heavy atom. The normalized spacial score (nSPS) is 11.2. The molecule has 0 aliphatic heterocycles. The van der Waals surface area contributed by atoms with Crippen molar-refractivity contribution in [3.63, 3.8) is 0 Å². The largest absolute Gasteiger partial charge is 0.459 e. The molecule has 2 heterocycles. The summed E-state index contributed by atoms with van der Waals surface area (Å²) in [4.78, 5) is 26.4. The summed E-state index contributed by atoms with van der Waals surface area (Å²) in [7, 11) is 0. The van der Waals surface area contributed by atoms with E-state index in [1.807, 2.05) is 0 Å². The number of nitrogens with zero attached hydrogens (tertiary/aromatic N) is 1. The molecule has 0 spiro atoms. The van der Waals surface area contributed by atoms with Gasteiger partial charge in [-0.3, -0.25) is 14.9 Å². The molecule has 0 unspecified atom stereocenters. The monoisotopic (exact) mass is 247 g/mol. The van der Waals surface area contributed by atoms with E-state index in [1.54, 1.807) is 12.1 Å². The zero-order valence-electron chi connectivity index (χ0n) is 9.12. The molecule has 2 aromatic heterocycles. The van der Waals surface area contributed by atoms with E-state index in [4.69, 9.17) is 14.6 Å². The summed E-state index contributed by atoms with van der Waals surface area (Å²) in [5.41, 5.74) is 5.40. The fourth-order valence-electron chi connectivity index (χ4n) is 1.18. The first kappa shape index (κ1) is 11.6. The lowest BCUT2D eigenvalue weighted by Crippen LogP contribution is -2.37. The number of nitrogens with one attached hydrogen (secondary N) is 1. The van der Waals surface area contributed by atoms with Gasteiger partial charge in [-0.15, -0.1) is 0 Å². The number of nitrogens with two attached hydrogens (primary N) is 1. The Labute approximate surface area is 101 Å². The van der Waals surface area contributed by atoms with Crippen molar-refractivity contribution in [3.05, 3.63) is 48.3 Å². The second-order valence-electron chi connectivity index (χ2n) is 3.21. The van der Waals surface area contributed by atoms with E-state index < -0.39 is 11.8 Å². The van der Waals surface area contributed by atoms with E-state index in [0.717, 1.165) is 0 Å². The quantitative estimate of drug-likeness (QED) is 0.601. The van der Waals surface area contributed by atoms with Crippen LogP contribution in [0.3, 0.4) is 0 Å². The lowest BCUT2D eigenvalue weighted by Gasteiger charge is -2.00. The third-order valence-corrected chi connectivity index (χ3v) is 1.94. The standard InChI is InChI=1S/C11H9N3O4/c12-11(13-9(15)7-3-1-5-17-7)14-10(16)8-4-2-6-18-8/h1-6H,(H3,12,13,14,15,16). The number of carbonyl (C=O) groups is 2. The first-order chi connectivity index (χ1) is 8.66. The summed E-state index contributed by atoms with van der Waals surface area (Å²) >= 11 is 0. The molecule has 2 amide bonds. The minimum atomic E-state index is -0.683. The highest BCUT2D eigenvalue weighted by molar-refractivity contribution is 6.08. The van der Waals surface area contributed by atoms with Gasteiger partial charge in [0, 0.05) is 0 Å². The van der Waals surface area contributed by atoms with Crippen molar-refractivity contribution in [2.45, 2.75) is 0 Å². The zero-order valence-corrected chi connectivity index (χ0v) is 9.12. The molecule has 0 aliphatic carbocycles.